The molecule has 0 unspecified atom stereocenters. The molecule has 182 valence electrons. The average molecular weight is 508 g/mol. The van der Waals surface area contributed by atoms with Crippen molar-refractivity contribution in [1.29, 1.82) is 0 Å². The number of nitrogens with zero attached hydrogens (tertiary/aromatic N) is 3. The summed E-state index contributed by atoms with van der Waals surface area (Å²) >= 11 is 5.73. The molecule has 36 heavy (non-hydrogen) atoms. The van der Waals surface area contributed by atoms with E-state index in [4.69, 9.17) is 11.6 Å². The van der Waals surface area contributed by atoms with Gasteiger partial charge in [-0.1, -0.05) is 11.6 Å². The molecule has 0 spiro atoms. The summed E-state index contributed by atoms with van der Waals surface area (Å²) in [6.45, 7) is 1.82. The molecule has 7 nitrogen and oxygen atoms in total. The second-order valence-electron chi connectivity index (χ2n) is 8.36. The first kappa shape index (κ1) is 23.6. The molecular weight excluding hydrogens is 488 g/mol. The number of benzene rings is 3. The third-order valence-corrected chi connectivity index (χ3v) is 6.16. The topological polar surface area (TPSA) is 87.2 Å². The Morgan fingerprint density at radius 1 is 0.861 bits per heavy atom. The molecule has 5 rings (SSSR count). The fraction of sp³-hybridized carbons (Fsp3) is 0.154. The lowest BCUT2D eigenvalue weighted by Gasteiger charge is -2.16. The van der Waals surface area contributed by atoms with E-state index in [0.29, 0.717) is 11.0 Å². The number of rotatable bonds is 5. The lowest BCUT2D eigenvalue weighted by Crippen LogP contribution is -2.20. The molecule has 1 saturated heterocycles. The third kappa shape index (κ3) is 4.96. The maximum Gasteiger partial charge on any atom is 0.323 e. The van der Waals surface area contributed by atoms with E-state index in [0.717, 1.165) is 43.9 Å². The summed E-state index contributed by atoms with van der Waals surface area (Å²) in [5, 5.41) is 4.89. The van der Waals surface area contributed by atoms with Gasteiger partial charge in [-0.25, -0.2) is 18.6 Å². The maximum absolute atomic E-state index is 14.6. The zero-order chi connectivity index (χ0) is 25.2. The van der Waals surface area contributed by atoms with Crippen LogP contribution in [0.25, 0.3) is 11.0 Å². The molecule has 2 N–H and O–H groups in total. The molecule has 0 atom stereocenters. The second-order valence-corrected chi connectivity index (χ2v) is 8.76. The minimum Gasteiger partial charge on any atom is -0.355 e. The minimum atomic E-state index is -0.728. The van der Waals surface area contributed by atoms with Gasteiger partial charge in [-0.3, -0.25) is 9.78 Å². The van der Waals surface area contributed by atoms with Crippen LogP contribution < -0.4 is 15.5 Å². The van der Waals surface area contributed by atoms with Crippen LogP contribution >= 0.6 is 11.6 Å². The van der Waals surface area contributed by atoms with E-state index in [1.807, 2.05) is 0 Å². The number of nitrogens with one attached hydrogen (secondary N) is 2. The van der Waals surface area contributed by atoms with E-state index in [2.05, 4.69) is 25.5 Å². The van der Waals surface area contributed by atoms with Crippen molar-refractivity contribution in [3.8, 4) is 0 Å². The van der Waals surface area contributed by atoms with Gasteiger partial charge in [-0.15, -0.1) is 0 Å². The highest BCUT2D eigenvalue weighted by atomic mass is 35.5. The SMILES string of the molecule is O=C(Nc1ccc(F)c(Cl)c1)Nc1ccc(F)c(C(=O)c2ccc3ncc(N4CCCC4)nc3c2)c1. The van der Waals surface area contributed by atoms with E-state index < -0.39 is 23.4 Å². The molecule has 4 aromatic rings. The van der Waals surface area contributed by atoms with Crippen LogP contribution in [0.3, 0.4) is 0 Å². The smallest absolute Gasteiger partial charge is 0.323 e. The zero-order valence-electron chi connectivity index (χ0n) is 18.9. The number of amides is 2. The molecule has 1 aromatic heterocycles. The molecule has 0 saturated carbocycles. The Morgan fingerprint density at radius 2 is 1.56 bits per heavy atom. The minimum absolute atomic E-state index is 0.143. The first-order chi connectivity index (χ1) is 17.4. The van der Waals surface area contributed by atoms with Crippen molar-refractivity contribution >= 4 is 51.6 Å². The van der Waals surface area contributed by atoms with Crippen molar-refractivity contribution in [2.75, 3.05) is 28.6 Å². The fourth-order valence-corrected chi connectivity index (χ4v) is 4.22. The van der Waals surface area contributed by atoms with E-state index in [9.17, 15) is 18.4 Å². The van der Waals surface area contributed by atoms with E-state index >= 15 is 0 Å². The summed E-state index contributed by atoms with van der Waals surface area (Å²) < 4.78 is 27.9. The highest BCUT2D eigenvalue weighted by molar-refractivity contribution is 6.31. The molecule has 2 heterocycles. The van der Waals surface area contributed by atoms with Gasteiger partial charge in [0, 0.05) is 30.0 Å². The highest BCUT2D eigenvalue weighted by Gasteiger charge is 2.18. The highest BCUT2D eigenvalue weighted by Crippen LogP contribution is 2.24. The van der Waals surface area contributed by atoms with Gasteiger partial charge in [0.15, 0.2) is 5.78 Å². The quantitative estimate of drug-likeness (QED) is 0.322. The van der Waals surface area contributed by atoms with E-state index in [-0.39, 0.29) is 27.5 Å². The lowest BCUT2D eigenvalue weighted by molar-refractivity contribution is 0.103. The largest absolute Gasteiger partial charge is 0.355 e. The number of urea groups is 1. The second kappa shape index (κ2) is 9.87. The van der Waals surface area contributed by atoms with Crippen LogP contribution in [0.5, 0.6) is 0 Å². The Morgan fingerprint density at radius 3 is 2.28 bits per heavy atom. The molecule has 10 heteroatoms. The molecule has 1 aliphatic heterocycles. The number of hydrogen-bond acceptors (Lipinski definition) is 5. The normalized spacial score (nSPS) is 13.1. The number of carbonyl (C=O) groups excluding carboxylic acids is 2. The van der Waals surface area contributed by atoms with Gasteiger partial charge in [0.25, 0.3) is 0 Å². The summed E-state index contributed by atoms with van der Waals surface area (Å²) in [5.74, 6) is -1.16. The van der Waals surface area contributed by atoms with Crippen LogP contribution in [0.1, 0.15) is 28.8 Å². The van der Waals surface area contributed by atoms with Gasteiger partial charge in [0.1, 0.15) is 17.5 Å². The van der Waals surface area contributed by atoms with Crippen LogP contribution in [-0.2, 0) is 0 Å². The Bertz CT molecular complexity index is 1490. The van der Waals surface area contributed by atoms with Gasteiger partial charge < -0.3 is 15.5 Å². The standard InChI is InChI=1S/C26H20ClF2N5O2/c27-19-13-17(5-7-21(19)29)32-26(36)31-16-4-6-20(28)18(12-16)25(35)15-3-8-22-23(11-15)33-24(14-30-22)34-9-1-2-10-34/h3-8,11-14H,1-2,9-10H2,(H2,31,32,36). The number of fused-ring (bicyclic) bond motifs is 1. The van der Waals surface area contributed by atoms with Crippen molar-refractivity contribution in [2.45, 2.75) is 12.8 Å². The van der Waals surface area contributed by atoms with Crippen molar-refractivity contribution in [3.05, 3.63) is 88.6 Å². The summed E-state index contributed by atoms with van der Waals surface area (Å²) in [5.41, 5.74) is 1.67. The van der Waals surface area contributed by atoms with Crippen LogP contribution in [0, 0.1) is 11.6 Å². The predicted octanol–water partition coefficient (Wildman–Crippen LogP) is 6.04. The summed E-state index contributed by atoms with van der Waals surface area (Å²) in [7, 11) is 0. The average Bonchev–Trinajstić information content (AvgIpc) is 3.41. The van der Waals surface area contributed by atoms with Gasteiger partial charge in [-0.05, 0) is 67.4 Å². The summed E-state index contributed by atoms with van der Waals surface area (Å²) in [6, 6.07) is 11.6. The number of aromatic nitrogens is 2. The maximum atomic E-state index is 14.6. The Balaban J connectivity index is 1.36. The van der Waals surface area contributed by atoms with Crippen molar-refractivity contribution in [1.82, 2.24) is 9.97 Å². The van der Waals surface area contributed by atoms with Gasteiger partial charge >= 0.3 is 6.03 Å². The number of halogens is 3. The Hall–Kier alpha value is -4.11. The van der Waals surface area contributed by atoms with E-state index in [1.54, 1.807) is 24.4 Å². The Kier molecular flexibility index (Phi) is 6.47. The first-order valence-electron chi connectivity index (χ1n) is 11.3. The van der Waals surface area contributed by atoms with Crippen LogP contribution in [0.4, 0.5) is 30.8 Å². The van der Waals surface area contributed by atoms with Crippen molar-refractivity contribution < 1.29 is 18.4 Å². The molecule has 3 aromatic carbocycles. The number of carbonyl (C=O) groups is 2. The zero-order valence-corrected chi connectivity index (χ0v) is 19.6. The monoisotopic (exact) mass is 507 g/mol. The molecule has 1 fully saturated rings. The molecule has 0 bridgehead atoms. The van der Waals surface area contributed by atoms with Crippen LogP contribution in [-0.4, -0.2) is 34.9 Å². The van der Waals surface area contributed by atoms with Crippen LogP contribution in [0.15, 0.2) is 60.8 Å². The van der Waals surface area contributed by atoms with Gasteiger partial charge in [0.2, 0.25) is 0 Å². The van der Waals surface area contributed by atoms with Crippen molar-refractivity contribution in [2.24, 2.45) is 0 Å². The molecule has 0 aliphatic carbocycles. The predicted molar refractivity (Wildman–Crippen MR) is 135 cm³/mol. The molecule has 1 aliphatic rings. The lowest BCUT2D eigenvalue weighted by atomic mass is 10.0. The number of anilines is 3. The van der Waals surface area contributed by atoms with Crippen molar-refractivity contribution in [3.63, 3.8) is 0 Å². The molecule has 2 amide bonds. The molecule has 0 radical (unpaired) electrons. The first-order valence-corrected chi connectivity index (χ1v) is 11.6. The molecular formula is C26H20ClF2N5O2. The summed E-state index contributed by atoms with van der Waals surface area (Å²) in [4.78, 5) is 36.7. The van der Waals surface area contributed by atoms with Gasteiger partial charge in [-0.2, -0.15) is 0 Å². The third-order valence-electron chi connectivity index (χ3n) is 5.87. The number of ketones is 1. The van der Waals surface area contributed by atoms with E-state index in [1.165, 1.54) is 24.3 Å². The van der Waals surface area contributed by atoms with Gasteiger partial charge in [0.05, 0.1) is 27.8 Å². The van der Waals surface area contributed by atoms with Crippen LogP contribution in [0.2, 0.25) is 5.02 Å². The fourth-order valence-electron chi connectivity index (χ4n) is 4.04. The Labute approximate surface area is 210 Å². The number of hydrogen-bond donors (Lipinski definition) is 2. The summed E-state index contributed by atoms with van der Waals surface area (Å²) in [6.07, 6.45) is 3.91.